The van der Waals surface area contributed by atoms with Gasteiger partial charge in [-0.25, -0.2) is 8.78 Å². The van der Waals surface area contributed by atoms with Gasteiger partial charge in [-0.05, 0) is 6.07 Å². The number of alkyl halides is 5. The summed E-state index contributed by atoms with van der Waals surface area (Å²) in [6.45, 7) is 0. The van der Waals surface area contributed by atoms with E-state index in [1.165, 1.54) is 0 Å². The molecule has 0 radical (unpaired) electrons. The smallest absolute Gasteiger partial charge is 0.319 e. The standard InChI is InChI=1S/C9H6F7N.ClH/c10-4-1-2-5(6(11)3-4)7(17)8(12,13)9(14,15)16;/h1-3,7H,17H2;1H/t7-;/m0./s1. The van der Waals surface area contributed by atoms with Gasteiger partial charge in [0.05, 0.1) is 0 Å². The second-order valence-electron chi connectivity index (χ2n) is 3.26. The van der Waals surface area contributed by atoms with Crippen LogP contribution < -0.4 is 5.73 Å². The van der Waals surface area contributed by atoms with Crippen molar-refractivity contribution >= 4 is 12.4 Å². The Labute approximate surface area is 103 Å². The molecule has 1 atom stereocenters. The van der Waals surface area contributed by atoms with Crippen LogP contribution in [-0.4, -0.2) is 12.1 Å². The lowest BCUT2D eigenvalue weighted by atomic mass is 10.0. The van der Waals surface area contributed by atoms with Gasteiger partial charge in [-0.15, -0.1) is 12.4 Å². The molecular formula is C9H7ClF7N. The van der Waals surface area contributed by atoms with Crippen LogP contribution >= 0.6 is 12.4 Å². The Morgan fingerprint density at radius 3 is 1.89 bits per heavy atom. The SMILES string of the molecule is Cl.N[C@@H](c1ccc(F)cc1F)C(F)(F)C(F)(F)F. The van der Waals surface area contributed by atoms with E-state index < -0.39 is 35.3 Å². The molecule has 0 fully saturated rings. The molecule has 0 aliphatic heterocycles. The van der Waals surface area contributed by atoms with E-state index in [1.807, 2.05) is 0 Å². The summed E-state index contributed by atoms with van der Waals surface area (Å²) in [7, 11) is 0. The van der Waals surface area contributed by atoms with Crippen LogP contribution in [0.4, 0.5) is 30.7 Å². The fourth-order valence-corrected chi connectivity index (χ4v) is 1.13. The molecular weight excluding hydrogens is 291 g/mol. The Bertz CT molecular complexity index is 418. The molecule has 0 heterocycles. The van der Waals surface area contributed by atoms with E-state index in [2.05, 4.69) is 5.73 Å². The first-order valence-electron chi connectivity index (χ1n) is 4.22. The van der Waals surface area contributed by atoms with E-state index in [0.29, 0.717) is 12.1 Å². The first-order chi connectivity index (χ1) is 7.57. The number of hydrogen-bond donors (Lipinski definition) is 1. The van der Waals surface area contributed by atoms with Gasteiger partial charge in [-0.2, -0.15) is 22.0 Å². The van der Waals surface area contributed by atoms with Crippen LogP contribution in [0.3, 0.4) is 0 Å². The third-order valence-corrected chi connectivity index (χ3v) is 2.07. The van der Waals surface area contributed by atoms with Gasteiger partial charge in [0, 0.05) is 11.6 Å². The molecule has 0 spiro atoms. The maximum atomic E-state index is 13.0. The molecule has 0 saturated carbocycles. The third-order valence-electron chi connectivity index (χ3n) is 2.07. The molecule has 0 aliphatic rings. The highest BCUT2D eigenvalue weighted by Crippen LogP contribution is 2.43. The Balaban J connectivity index is 0.00000289. The van der Waals surface area contributed by atoms with Crippen molar-refractivity contribution in [2.75, 3.05) is 0 Å². The van der Waals surface area contributed by atoms with Gasteiger partial charge in [0.2, 0.25) is 0 Å². The molecule has 0 saturated heterocycles. The van der Waals surface area contributed by atoms with E-state index in [-0.39, 0.29) is 18.5 Å². The van der Waals surface area contributed by atoms with Crippen LogP contribution in [0.2, 0.25) is 0 Å². The largest absolute Gasteiger partial charge is 0.455 e. The van der Waals surface area contributed by atoms with Crippen LogP contribution in [0.15, 0.2) is 18.2 Å². The van der Waals surface area contributed by atoms with Crippen LogP contribution in [0.25, 0.3) is 0 Å². The number of rotatable bonds is 2. The minimum Gasteiger partial charge on any atom is -0.319 e. The summed E-state index contributed by atoms with van der Waals surface area (Å²) in [4.78, 5) is 0. The van der Waals surface area contributed by atoms with Crippen LogP contribution in [0.5, 0.6) is 0 Å². The Hall–Kier alpha value is -1.02. The molecule has 1 aromatic carbocycles. The molecule has 0 bridgehead atoms. The summed E-state index contributed by atoms with van der Waals surface area (Å²) in [6, 6.07) is -1.75. The average Bonchev–Trinajstić information content (AvgIpc) is 2.14. The van der Waals surface area contributed by atoms with Crippen molar-refractivity contribution < 1.29 is 30.7 Å². The molecule has 0 amide bonds. The molecule has 1 rings (SSSR count). The molecule has 0 aliphatic carbocycles. The average molecular weight is 298 g/mol. The van der Waals surface area contributed by atoms with Crippen LogP contribution in [0.1, 0.15) is 11.6 Å². The van der Waals surface area contributed by atoms with E-state index >= 15 is 0 Å². The fourth-order valence-electron chi connectivity index (χ4n) is 1.13. The highest BCUT2D eigenvalue weighted by Gasteiger charge is 2.62. The summed E-state index contributed by atoms with van der Waals surface area (Å²) < 4.78 is 86.9. The Morgan fingerprint density at radius 2 is 1.50 bits per heavy atom. The lowest BCUT2D eigenvalue weighted by molar-refractivity contribution is -0.291. The van der Waals surface area contributed by atoms with Crippen molar-refractivity contribution in [2.45, 2.75) is 18.1 Å². The maximum Gasteiger partial charge on any atom is 0.455 e. The molecule has 0 unspecified atom stereocenters. The summed E-state index contributed by atoms with van der Waals surface area (Å²) in [5.74, 6) is -7.96. The first kappa shape index (κ1) is 17.0. The topological polar surface area (TPSA) is 26.0 Å². The first-order valence-corrected chi connectivity index (χ1v) is 4.22. The maximum absolute atomic E-state index is 13.0. The summed E-state index contributed by atoms with van der Waals surface area (Å²) in [5.41, 5.74) is 3.57. The van der Waals surface area contributed by atoms with Crippen LogP contribution in [-0.2, 0) is 0 Å². The Morgan fingerprint density at radius 1 is 1.00 bits per heavy atom. The molecule has 104 valence electrons. The van der Waals surface area contributed by atoms with Gasteiger partial charge in [-0.1, -0.05) is 6.07 Å². The highest BCUT2D eigenvalue weighted by molar-refractivity contribution is 5.85. The minimum atomic E-state index is -5.91. The van der Waals surface area contributed by atoms with Gasteiger partial charge in [0.25, 0.3) is 0 Å². The number of halogens is 8. The van der Waals surface area contributed by atoms with E-state index in [0.717, 1.165) is 0 Å². The quantitative estimate of drug-likeness (QED) is 0.830. The molecule has 1 nitrogen and oxygen atoms in total. The molecule has 2 N–H and O–H groups in total. The second-order valence-corrected chi connectivity index (χ2v) is 3.26. The summed E-state index contributed by atoms with van der Waals surface area (Å²) >= 11 is 0. The van der Waals surface area contributed by atoms with Crippen molar-refractivity contribution in [1.29, 1.82) is 0 Å². The second kappa shape index (κ2) is 5.31. The summed E-state index contributed by atoms with van der Waals surface area (Å²) in [6.07, 6.45) is -5.91. The zero-order valence-electron chi connectivity index (χ0n) is 8.44. The van der Waals surface area contributed by atoms with Crippen molar-refractivity contribution in [1.82, 2.24) is 0 Å². The third kappa shape index (κ3) is 3.05. The fraction of sp³-hybridized carbons (Fsp3) is 0.333. The van der Waals surface area contributed by atoms with Gasteiger partial charge in [-0.3, -0.25) is 0 Å². The zero-order valence-corrected chi connectivity index (χ0v) is 9.26. The van der Waals surface area contributed by atoms with Gasteiger partial charge in [0.1, 0.15) is 17.7 Å². The normalized spacial score (nSPS) is 14.0. The van der Waals surface area contributed by atoms with Crippen LogP contribution in [0, 0.1) is 11.6 Å². The van der Waals surface area contributed by atoms with Gasteiger partial charge in [0.15, 0.2) is 0 Å². The molecule has 9 heteroatoms. The van der Waals surface area contributed by atoms with Gasteiger partial charge >= 0.3 is 12.1 Å². The number of nitrogens with two attached hydrogens (primary N) is 1. The van der Waals surface area contributed by atoms with Gasteiger partial charge < -0.3 is 5.73 Å². The predicted octanol–water partition coefficient (Wildman–Crippen LogP) is 3.58. The zero-order chi connectivity index (χ0) is 13.4. The molecule has 0 aromatic heterocycles. The minimum absolute atomic E-state index is 0. The van der Waals surface area contributed by atoms with E-state index in [4.69, 9.17) is 0 Å². The predicted molar refractivity (Wildman–Crippen MR) is 51.5 cm³/mol. The van der Waals surface area contributed by atoms with E-state index in [9.17, 15) is 30.7 Å². The van der Waals surface area contributed by atoms with Crippen molar-refractivity contribution in [3.8, 4) is 0 Å². The van der Waals surface area contributed by atoms with E-state index in [1.54, 1.807) is 0 Å². The van der Waals surface area contributed by atoms with Crippen molar-refractivity contribution in [2.24, 2.45) is 5.73 Å². The van der Waals surface area contributed by atoms with Crippen molar-refractivity contribution in [3.63, 3.8) is 0 Å². The molecule has 18 heavy (non-hydrogen) atoms. The lowest BCUT2D eigenvalue weighted by Gasteiger charge is -2.26. The molecule has 1 aromatic rings. The number of benzene rings is 1. The Kier molecular flexibility index (Phi) is 5.01. The van der Waals surface area contributed by atoms with Crippen molar-refractivity contribution in [3.05, 3.63) is 35.4 Å². The highest BCUT2D eigenvalue weighted by atomic mass is 35.5. The lowest BCUT2D eigenvalue weighted by Crippen LogP contribution is -2.46. The monoisotopic (exact) mass is 297 g/mol. The number of hydrogen-bond acceptors (Lipinski definition) is 1. The summed E-state index contributed by atoms with van der Waals surface area (Å²) in [5, 5.41) is 0.